The number of nitrogen functional groups attached to an aromatic ring is 1. The minimum Gasteiger partial charge on any atom is -0.453 e. The SMILES string of the molecule is Nc1nc(COC(=O)c2csc(-c3cccc(Cl)c3)n2)nc(Nc2ccc(F)cc2)n1. The smallest absolute Gasteiger partial charge is 0.358 e. The molecule has 0 amide bonds. The Balaban J connectivity index is 1.42. The normalized spacial score (nSPS) is 10.6. The Kier molecular flexibility index (Phi) is 6.01. The number of nitrogens with two attached hydrogens (primary N) is 1. The van der Waals surface area contributed by atoms with E-state index in [-0.39, 0.29) is 35.8 Å². The van der Waals surface area contributed by atoms with Gasteiger partial charge in [0.2, 0.25) is 11.9 Å². The lowest BCUT2D eigenvalue weighted by Gasteiger charge is -2.07. The van der Waals surface area contributed by atoms with E-state index < -0.39 is 5.97 Å². The van der Waals surface area contributed by atoms with E-state index in [1.807, 2.05) is 6.07 Å². The van der Waals surface area contributed by atoms with Crippen LogP contribution >= 0.6 is 22.9 Å². The molecule has 2 heterocycles. The molecule has 0 radical (unpaired) electrons. The first-order valence-corrected chi connectivity index (χ1v) is 10.1. The summed E-state index contributed by atoms with van der Waals surface area (Å²) in [4.78, 5) is 28.8. The molecule has 8 nitrogen and oxygen atoms in total. The molecule has 11 heteroatoms. The predicted octanol–water partition coefficient (Wildman–Crippen LogP) is 4.47. The lowest BCUT2D eigenvalue weighted by molar-refractivity contribution is 0.0456. The molecule has 0 bridgehead atoms. The number of hydrogen-bond donors (Lipinski definition) is 2. The summed E-state index contributed by atoms with van der Waals surface area (Å²) in [6, 6.07) is 12.8. The summed E-state index contributed by atoms with van der Waals surface area (Å²) in [6.45, 7) is -0.228. The van der Waals surface area contributed by atoms with E-state index in [1.165, 1.54) is 35.6 Å². The molecule has 2 aromatic carbocycles. The molecule has 0 aliphatic carbocycles. The Morgan fingerprint density at radius 1 is 1.13 bits per heavy atom. The van der Waals surface area contributed by atoms with Crippen molar-refractivity contribution in [2.75, 3.05) is 11.1 Å². The molecule has 3 N–H and O–H groups in total. The van der Waals surface area contributed by atoms with Gasteiger partial charge < -0.3 is 15.8 Å². The number of benzene rings is 2. The molecular weight excluding hydrogens is 443 g/mol. The van der Waals surface area contributed by atoms with E-state index >= 15 is 0 Å². The van der Waals surface area contributed by atoms with E-state index in [0.29, 0.717) is 15.7 Å². The van der Waals surface area contributed by atoms with E-state index in [4.69, 9.17) is 22.1 Å². The fraction of sp³-hybridized carbons (Fsp3) is 0.0500. The van der Waals surface area contributed by atoms with Crippen molar-refractivity contribution < 1.29 is 13.9 Å². The zero-order chi connectivity index (χ0) is 21.8. The first-order valence-electron chi connectivity index (χ1n) is 8.88. The number of ether oxygens (including phenoxy) is 1. The summed E-state index contributed by atoms with van der Waals surface area (Å²) < 4.78 is 18.3. The second kappa shape index (κ2) is 9.02. The molecule has 0 unspecified atom stereocenters. The Morgan fingerprint density at radius 3 is 2.71 bits per heavy atom. The number of esters is 1. The lowest BCUT2D eigenvalue weighted by Crippen LogP contribution is -2.11. The molecule has 31 heavy (non-hydrogen) atoms. The van der Waals surface area contributed by atoms with E-state index in [0.717, 1.165) is 5.56 Å². The van der Waals surface area contributed by atoms with Gasteiger partial charge >= 0.3 is 5.97 Å². The summed E-state index contributed by atoms with van der Waals surface area (Å²) in [5.41, 5.74) is 7.23. The molecule has 2 aromatic heterocycles. The summed E-state index contributed by atoms with van der Waals surface area (Å²) in [7, 11) is 0. The van der Waals surface area contributed by atoms with Gasteiger partial charge in [0.25, 0.3) is 0 Å². The largest absolute Gasteiger partial charge is 0.453 e. The summed E-state index contributed by atoms with van der Waals surface area (Å²) >= 11 is 7.30. The van der Waals surface area contributed by atoms with Gasteiger partial charge in [-0.2, -0.15) is 15.0 Å². The average Bonchev–Trinajstić information content (AvgIpc) is 3.24. The van der Waals surface area contributed by atoms with E-state index in [2.05, 4.69) is 25.3 Å². The quantitative estimate of drug-likeness (QED) is 0.408. The molecule has 0 fully saturated rings. The van der Waals surface area contributed by atoms with Crippen LogP contribution in [0.4, 0.5) is 22.0 Å². The van der Waals surface area contributed by atoms with Gasteiger partial charge in [0.15, 0.2) is 18.1 Å². The number of nitrogens with one attached hydrogen (secondary N) is 1. The molecule has 0 saturated heterocycles. The predicted molar refractivity (Wildman–Crippen MR) is 116 cm³/mol. The van der Waals surface area contributed by atoms with Crippen molar-refractivity contribution in [2.24, 2.45) is 0 Å². The zero-order valence-corrected chi connectivity index (χ0v) is 17.3. The van der Waals surface area contributed by atoms with Gasteiger partial charge in [0.05, 0.1) is 0 Å². The average molecular weight is 457 g/mol. The maximum Gasteiger partial charge on any atom is 0.358 e. The number of aromatic nitrogens is 4. The minimum atomic E-state index is -0.628. The molecule has 0 aliphatic heterocycles. The topological polar surface area (TPSA) is 116 Å². The highest BCUT2D eigenvalue weighted by atomic mass is 35.5. The van der Waals surface area contributed by atoms with Crippen LogP contribution in [0.25, 0.3) is 10.6 Å². The van der Waals surface area contributed by atoms with Gasteiger partial charge in [-0.15, -0.1) is 11.3 Å². The number of hydrogen-bond acceptors (Lipinski definition) is 9. The highest BCUT2D eigenvalue weighted by molar-refractivity contribution is 7.13. The molecular formula is C20H14ClFN6O2S. The maximum absolute atomic E-state index is 13.0. The van der Waals surface area contributed by atoms with Crippen LogP contribution in [0.5, 0.6) is 0 Å². The first kappa shape index (κ1) is 20.6. The van der Waals surface area contributed by atoms with Crippen molar-refractivity contribution >= 4 is 46.5 Å². The van der Waals surface area contributed by atoms with Crippen molar-refractivity contribution in [2.45, 2.75) is 6.61 Å². The second-order valence-corrected chi connectivity index (χ2v) is 7.48. The van der Waals surface area contributed by atoms with Gasteiger partial charge in [0.1, 0.15) is 10.8 Å². The van der Waals surface area contributed by atoms with Crippen LogP contribution in [0.15, 0.2) is 53.9 Å². The number of carbonyl (C=O) groups is 1. The zero-order valence-electron chi connectivity index (χ0n) is 15.8. The van der Waals surface area contributed by atoms with Crippen molar-refractivity contribution in [1.29, 1.82) is 0 Å². The number of nitrogens with zero attached hydrogens (tertiary/aromatic N) is 4. The standard InChI is InChI=1S/C20H14ClFN6O2S/c21-12-3-1-2-11(8-12)17-25-15(10-31-17)18(29)30-9-16-26-19(23)28-20(27-16)24-14-6-4-13(22)5-7-14/h1-8,10H,9H2,(H3,23,24,26,27,28). The lowest BCUT2D eigenvalue weighted by atomic mass is 10.2. The summed E-state index contributed by atoms with van der Waals surface area (Å²) in [5, 5.41) is 5.71. The molecule has 4 aromatic rings. The molecule has 0 saturated carbocycles. The van der Waals surface area contributed by atoms with Crippen molar-refractivity contribution in [1.82, 2.24) is 19.9 Å². The van der Waals surface area contributed by atoms with Crippen LogP contribution in [0.2, 0.25) is 5.02 Å². The molecule has 0 atom stereocenters. The number of halogens is 2. The van der Waals surface area contributed by atoms with Crippen molar-refractivity contribution in [3.05, 3.63) is 76.3 Å². The Bertz CT molecular complexity index is 1230. The Hall–Kier alpha value is -3.63. The highest BCUT2D eigenvalue weighted by Gasteiger charge is 2.15. The molecule has 0 aliphatic rings. The molecule has 0 spiro atoms. The van der Waals surface area contributed by atoms with Crippen molar-refractivity contribution in [3.8, 4) is 10.6 Å². The second-order valence-electron chi connectivity index (χ2n) is 6.19. The van der Waals surface area contributed by atoms with Gasteiger partial charge in [-0.1, -0.05) is 23.7 Å². The van der Waals surface area contributed by atoms with Gasteiger partial charge in [-0.25, -0.2) is 14.2 Å². The fourth-order valence-corrected chi connectivity index (χ4v) is 3.52. The number of anilines is 3. The van der Waals surface area contributed by atoms with Gasteiger partial charge in [0, 0.05) is 21.7 Å². The van der Waals surface area contributed by atoms with Crippen LogP contribution in [-0.2, 0) is 11.3 Å². The van der Waals surface area contributed by atoms with E-state index in [9.17, 15) is 9.18 Å². The van der Waals surface area contributed by atoms with Crippen LogP contribution in [-0.4, -0.2) is 25.9 Å². The number of thiazole rings is 1. The number of carbonyl (C=O) groups excluding carboxylic acids is 1. The highest BCUT2D eigenvalue weighted by Crippen LogP contribution is 2.26. The van der Waals surface area contributed by atoms with Gasteiger partial charge in [-0.05, 0) is 36.4 Å². The minimum absolute atomic E-state index is 0.0532. The summed E-state index contributed by atoms with van der Waals surface area (Å²) in [6.07, 6.45) is 0. The third kappa shape index (κ3) is 5.30. The van der Waals surface area contributed by atoms with E-state index in [1.54, 1.807) is 23.6 Å². The van der Waals surface area contributed by atoms with Gasteiger partial charge in [-0.3, -0.25) is 0 Å². The van der Waals surface area contributed by atoms with Crippen molar-refractivity contribution in [3.63, 3.8) is 0 Å². The monoisotopic (exact) mass is 456 g/mol. The van der Waals surface area contributed by atoms with Crippen LogP contribution in [0.1, 0.15) is 16.3 Å². The molecule has 4 rings (SSSR count). The Labute approximate surface area is 184 Å². The molecule has 156 valence electrons. The van der Waals surface area contributed by atoms with Crippen LogP contribution in [0, 0.1) is 5.82 Å². The van der Waals surface area contributed by atoms with Crippen LogP contribution < -0.4 is 11.1 Å². The summed E-state index contributed by atoms with van der Waals surface area (Å²) in [5.74, 6) is -0.759. The number of rotatable bonds is 6. The maximum atomic E-state index is 13.0. The third-order valence-electron chi connectivity index (χ3n) is 3.92. The Morgan fingerprint density at radius 2 is 1.94 bits per heavy atom. The first-order chi connectivity index (χ1) is 15.0. The van der Waals surface area contributed by atoms with Crippen LogP contribution in [0.3, 0.4) is 0 Å². The fourth-order valence-electron chi connectivity index (χ4n) is 2.55. The third-order valence-corrected chi connectivity index (χ3v) is 5.04.